The number of hydrogen-bond acceptors (Lipinski definition) is 1. The Hall–Kier alpha value is -1.11. The van der Waals surface area contributed by atoms with Crippen molar-refractivity contribution in [1.82, 2.24) is 0 Å². The quantitative estimate of drug-likeness (QED) is 0.552. The average molecular weight is 148 g/mol. The number of rotatable bonds is 0. The van der Waals surface area contributed by atoms with E-state index in [4.69, 9.17) is 0 Å². The molecular formula is C10H12O. The third kappa shape index (κ3) is 0.967. The molecule has 0 aliphatic heterocycles. The van der Waals surface area contributed by atoms with Gasteiger partial charge in [-0.05, 0) is 18.9 Å². The highest BCUT2D eigenvalue weighted by molar-refractivity contribution is 6.00. The maximum atomic E-state index is 11.2. The van der Waals surface area contributed by atoms with Crippen molar-refractivity contribution in [2.75, 3.05) is 0 Å². The van der Waals surface area contributed by atoms with Crippen molar-refractivity contribution in [2.45, 2.75) is 19.8 Å². The van der Waals surface area contributed by atoms with Gasteiger partial charge in [-0.2, -0.15) is 0 Å². The second-order valence-corrected chi connectivity index (χ2v) is 3.08. The van der Waals surface area contributed by atoms with Gasteiger partial charge in [-0.15, -0.1) is 0 Å². The fourth-order valence-corrected chi connectivity index (χ4v) is 1.58. The van der Waals surface area contributed by atoms with Gasteiger partial charge in [0.2, 0.25) is 0 Å². The Morgan fingerprint density at radius 1 is 1.36 bits per heavy atom. The number of carbonyl (C=O) groups excluding carboxylic acids is 1. The zero-order chi connectivity index (χ0) is 7.84. The van der Waals surface area contributed by atoms with Crippen molar-refractivity contribution in [3.05, 3.63) is 34.9 Å². The molecular weight excluding hydrogens is 136 g/mol. The highest BCUT2D eigenvalue weighted by atomic mass is 16.1. The SMILES string of the molecule is Cc1ccc2c(c1)CCC2=O.[HH]. The first kappa shape index (κ1) is 6.59. The molecule has 1 aromatic carbocycles. The number of hydrogen-bond donors (Lipinski definition) is 0. The first-order chi connectivity index (χ1) is 5.27. The van der Waals surface area contributed by atoms with E-state index >= 15 is 0 Å². The zero-order valence-electron chi connectivity index (χ0n) is 6.55. The molecule has 11 heavy (non-hydrogen) atoms. The second-order valence-electron chi connectivity index (χ2n) is 3.08. The van der Waals surface area contributed by atoms with E-state index in [1.165, 1.54) is 11.1 Å². The summed E-state index contributed by atoms with van der Waals surface area (Å²) in [5, 5.41) is 0. The van der Waals surface area contributed by atoms with E-state index in [0.717, 1.165) is 12.0 Å². The molecule has 0 saturated carbocycles. The zero-order valence-corrected chi connectivity index (χ0v) is 6.55. The van der Waals surface area contributed by atoms with Crippen molar-refractivity contribution in [2.24, 2.45) is 0 Å². The monoisotopic (exact) mass is 148 g/mol. The molecule has 0 unspecified atom stereocenters. The van der Waals surface area contributed by atoms with Gasteiger partial charge in [-0.25, -0.2) is 0 Å². The molecule has 0 fully saturated rings. The molecule has 0 saturated heterocycles. The topological polar surface area (TPSA) is 17.1 Å². The van der Waals surface area contributed by atoms with Crippen LogP contribution in [0.2, 0.25) is 0 Å². The number of ketones is 1. The fraction of sp³-hybridized carbons (Fsp3) is 0.300. The number of fused-ring (bicyclic) bond motifs is 1. The third-order valence-corrected chi connectivity index (χ3v) is 2.18. The number of carbonyl (C=O) groups is 1. The predicted molar refractivity (Wildman–Crippen MR) is 45.9 cm³/mol. The van der Waals surface area contributed by atoms with Gasteiger partial charge in [0.15, 0.2) is 5.78 Å². The van der Waals surface area contributed by atoms with Crippen molar-refractivity contribution in [3.8, 4) is 0 Å². The van der Waals surface area contributed by atoms with E-state index in [0.29, 0.717) is 12.2 Å². The first-order valence-corrected chi connectivity index (χ1v) is 3.90. The molecule has 0 atom stereocenters. The van der Waals surface area contributed by atoms with E-state index in [-0.39, 0.29) is 1.43 Å². The maximum Gasteiger partial charge on any atom is 0.163 e. The largest absolute Gasteiger partial charge is 0.294 e. The number of aryl methyl sites for hydroxylation is 2. The molecule has 2 rings (SSSR count). The minimum absolute atomic E-state index is 0. The highest BCUT2D eigenvalue weighted by Crippen LogP contribution is 2.22. The summed E-state index contributed by atoms with van der Waals surface area (Å²) in [6.07, 6.45) is 1.65. The van der Waals surface area contributed by atoms with Crippen LogP contribution in [0.3, 0.4) is 0 Å². The van der Waals surface area contributed by atoms with E-state index in [1.807, 2.05) is 12.1 Å². The summed E-state index contributed by atoms with van der Waals surface area (Å²) in [6.45, 7) is 2.06. The van der Waals surface area contributed by atoms with Gasteiger partial charge in [0.1, 0.15) is 0 Å². The van der Waals surface area contributed by atoms with Crippen LogP contribution in [-0.4, -0.2) is 5.78 Å². The standard InChI is InChI=1S/C10H10O.H2/c1-7-2-4-9-8(6-7)3-5-10(9)11;/h2,4,6H,3,5H2,1H3;1H. The lowest BCUT2D eigenvalue weighted by molar-refractivity contribution is 0.0994. The summed E-state index contributed by atoms with van der Waals surface area (Å²) in [5.74, 6) is 0.306. The lowest BCUT2D eigenvalue weighted by Crippen LogP contribution is -1.90. The van der Waals surface area contributed by atoms with Crippen LogP contribution in [0.25, 0.3) is 0 Å². The summed E-state index contributed by atoms with van der Waals surface area (Å²) in [6, 6.07) is 6.06. The van der Waals surface area contributed by atoms with Gasteiger partial charge in [0, 0.05) is 13.4 Å². The highest BCUT2D eigenvalue weighted by Gasteiger charge is 2.18. The van der Waals surface area contributed by atoms with Crippen LogP contribution in [0, 0.1) is 6.92 Å². The van der Waals surface area contributed by atoms with Crippen LogP contribution in [0.15, 0.2) is 18.2 Å². The van der Waals surface area contributed by atoms with E-state index < -0.39 is 0 Å². The number of Topliss-reactive ketones (excluding diaryl/α,β-unsaturated/α-hetero) is 1. The Morgan fingerprint density at radius 3 is 3.00 bits per heavy atom. The van der Waals surface area contributed by atoms with Crippen LogP contribution >= 0.6 is 0 Å². The van der Waals surface area contributed by atoms with Crippen molar-refractivity contribution in [3.63, 3.8) is 0 Å². The summed E-state index contributed by atoms with van der Waals surface area (Å²) < 4.78 is 0. The van der Waals surface area contributed by atoms with Crippen LogP contribution < -0.4 is 0 Å². The fourth-order valence-electron chi connectivity index (χ4n) is 1.58. The van der Waals surface area contributed by atoms with Gasteiger partial charge in [0.25, 0.3) is 0 Å². The molecule has 0 radical (unpaired) electrons. The van der Waals surface area contributed by atoms with Crippen LogP contribution in [0.5, 0.6) is 0 Å². The maximum absolute atomic E-state index is 11.2. The molecule has 0 spiro atoms. The normalized spacial score (nSPS) is 15.2. The van der Waals surface area contributed by atoms with Gasteiger partial charge >= 0.3 is 0 Å². The molecule has 0 amide bonds. The van der Waals surface area contributed by atoms with E-state index in [9.17, 15) is 4.79 Å². The van der Waals surface area contributed by atoms with Crippen molar-refractivity contribution in [1.29, 1.82) is 0 Å². The lowest BCUT2D eigenvalue weighted by Gasteiger charge is -1.97. The lowest BCUT2D eigenvalue weighted by atomic mass is 10.1. The Kier molecular flexibility index (Phi) is 1.31. The molecule has 1 heteroatoms. The molecule has 1 aliphatic rings. The Labute approximate surface area is 67.5 Å². The molecule has 58 valence electrons. The van der Waals surface area contributed by atoms with Crippen LogP contribution in [0.4, 0.5) is 0 Å². The third-order valence-electron chi connectivity index (χ3n) is 2.18. The molecule has 0 N–H and O–H groups in total. The van der Waals surface area contributed by atoms with Gasteiger partial charge in [0.05, 0.1) is 0 Å². The van der Waals surface area contributed by atoms with Gasteiger partial charge in [-0.3, -0.25) is 4.79 Å². The summed E-state index contributed by atoms with van der Waals surface area (Å²) >= 11 is 0. The van der Waals surface area contributed by atoms with Gasteiger partial charge < -0.3 is 0 Å². The van der Waals surface area contributed by atoms with Crippen LogP contribution in [-0.2, 0) is 6.42 Å². The van der Waals surface area contributed by atoms with Crippen molar-refractivity contribution >= 4 is 5.78 Å². The minimum Gasteiger partial charge on any atom is -0.294 e. The summed E-state index contributed by atoms with van der Waals surface area (Å²) in [5.41, 5.74) is 3.42. The molecule has 1 aromatic rings. The smallest absolute Gasteiger partial charge is 0.163 e. The molecule has 1 nitrogen and oxygen atoms in total. The summed E-state index contributed by atoms with van der Waals surface area (Å²) in [7, 11) is 0. The van der Waals surface area contributed by atoms with Gasteiger partial charge in [-0.1, -0.05) is 23.8 Å². The average Bonchev–Trinajstić information content (AvgIpc) is 2.32. The van der Waals surface area contributed by atoms with E-state index in [2.05, 4.69) is 13.0 Å². The second kappa shape index (κ2) is 2.19. The minimum atomic E-state index is 0. The molecule has 1 aliphatic carbocycles. The molecule has 0 heterocycles. The Morgan fingerprint density at radius 2 is 2.18 bits per heavy atom. The van der Waals surface area contributed by atoms with Crippen molar-refractivity contribution < 1.29 is 6.22 Å². The predicted octanol–water partition coefficient (Wildman–Crippen LogP) is 2.37. The Balaban J connectivity index is 0.000000720. The molecule has 0 bridgehead atoms. The first-order valence-electron chi connectivity index (χ1n) is 3.90. The Bertz CT molecular complexity index is 318. The van der Waals surface area contributed by atoms with Crippen LogP contribution in [0.1, 0.15) is 29.3 Å². The van der Waals surface area contributed by atoms with E-state index in [1.54, 1.807) is 0 Å². The summed E-state index contributed by atoms with van der Waals surface area (Å²) in [4.78, 5) is 11.2. The number of benzene rings is 1. The molecule has 0 aromatic heterocycles.